The normalized spacial score (nSPS) is 11.6. The quantitative estimate of drug-likeness (QED) is 0.416. The predicted octanol–water partition coefficient (Wildman–Crippen LogP) is 1.62. The van der Waals surface area contributed by atoms with Crippen LogP contribution in [0.2, 0.25) is 0 Å². The maximum Gasteiger partial charge on any atom is 0.0969 e. The first-order valence-electron chi connectivity index (χ1n) is 5.51. The topological polar surface area (TPSA) is 57.2 Å². The van der Waals surface area contributed by atoms with E-state index in [1.807, 2.05) is 12.2 Å². The van der Waals surface area contributed by atoms with E-state index in [0.29, 0.717) is 0 Å². The minimum Gasteiger partial charge on any atom is -0.748 e. The van der Waals surface area contributed by atoms with Gasteiger partial charge in [0.15, 0.2) is 0 Å². The summed E-state index contributed by atoms with van der Waals surface area (Å²) < 4.78 is 30.6. The lowest BCUT2D eigenvalue weighted by molar-refractivity contribution is -0.878. The van der Waals surface area contributed by atoms with E-state index in [9.17, 15) is 13.0 Å². The Hall–Kier alpha value is -0.650. The molecule has 0 atom stereocenters. The van der Waals surface area contributed by atoms with Crippen molar-refractivity contribution in [2.45, 2.75) is 13.8 Å². The molecule has 0 aliphatic carbocycles. The molecule has 0 aliphatic heterocycles. The zero-order valence-electron chi connectivity index (χ0n) is 11.3. The number of rotatable bonds is 6. The fourth-order valence-corrected chi connectivity index (χ4v) is 2.00. The van der Waals surface area contributed by atoms with Gasteiger partial charge in [-0.2, -0.15) is 0 Å². The molecule has 0 aromatic heterocycles. The van der Waals surface area contributed by atoms with Gasteiger partial charge in [-0.25, -0.2) is 8.42 Å². The Bertz CT molecular complexity index is 307. The maximum atomic E-state index is 9.89. The number of nitrogens with zero attached hydrogens (tertiary/aromatic N) is 1. The van der Waals surface area contributed by atoms with E-state index in [2.05, 4.69) is 27.3 Å². The van der Waals surface area contributed by atoms with Crippen LogP contribution in [0, 0.1) is 5.92 Å². The van der Waals surface area contributed by atoms with E-state index in [1.54, 1.807) is 13.8 Å². The molecule has 102 valence electrons. The van der Waals surface area contributed by atoms with Crippen LogP contribution in [0.1, 0.15) is 13.8 Å². The second kappa shape index (κ2) is 8.44. The van der Waals surface area contributed by atoms with E-state index in [-0.39, 0.29) is 11.7 Å². The second-order valence-corrected chi connectivity index (χ2v) is 6.45. The smallest absolute Gasteiger partial charge is 0.0969 e. The van der Waals surface area contributed by atoms with E-state index in [4.69, 9.17) is 0 Å². The van der Waals surface area contributed by atoms with Gasteiger partial charge in [0.2, 0.25) is 0 Å². The van der Waals surface area contributed by atoms with Crippen LogP contribution in [0.5, 0.6) is 0 Å². The largest absolute Gasteiger partial charge is 0.748 e. The third kappa shape index (κ3) is 17.9. The Morgan fingerprint density at radius 1 is 1.18 bits per heavy atom. The Labute approximate surface area is 106 Å². The Balaban J connectivity index is 0. The van der Waals surface area contributed by atoms with Crippen LogP contribution < -0.4 is 0 Å². The van der Waals surface area contributed by atoms with E-state index >= 15 is 0 Å². The van der Waals surface area contributed by atoms with Gasteiger partial charge < -0.3 is 9.04 Å². The molecule has 0 unspecified atom stereocenters. The van der Waals surface area contributed by atoms with Gasteiger partial charge in [-0.1, -0.05) is 27.0 Å². The van der Waals surface area contributed by atoms with Gasteiger partial charge in [-0.3, -0.25) is 0 Å². The van der Waals surface area contributed by atoms with Crippen molar-refractivity contribution in [2.75, 3.05) is 32.9 Å². The highest BCUT2D eigenvalue weighted by molar-refractivity contribution is 7.85. The Kier molecular flexibility index (Phi) is 9.29. The summed E-state index contributed by atoms with van der Waals surface area (Å²) in [6.45, 7) is 12.7. The molecule has 0 aromatic carbocycles. The molecule has 0 aromatic rings. The average Bonchev–Trinajstić information content (AvgIpc) is 1.98. The summed E-state index contributed by atoms with van der Waals surface area (Å²) in [5.74, 6) is -0.315. The predicted molar refractivity (Wildman–Crippen MR) is 71.6 cm³/mol. The van der Waals surface area contributed by atoms with Crippen LogP contribution in [0.3, 0.4) is 0 Å². The molecule has 0 rings (SSSR count). The Morgan fingerprint density at radius 3 is 1.65 bits per heavy atom. The molecule has 17 heavy (non-hydrogen) atoms. The summed E-state index contributed by atoms with van der Waals surface area (Å²) in [4.78, 5) is 0. The third-order valence-electron chi connectivity index (χ3n) is 1.78. The average molecular weight is 263 g/mol. The lowest BCUT2D eigenvalue weighted by Gasteiger charge is -2.26. The van der Waals surface area contributed by atoms with Crippen LogP contribution in [-0.2, 0) is 10.1 Å². The highest BCUT2D eigenvalue weighted by Gasteiger charge is 2.07. The molecule has 0 saturated carbocycles. The zero-order chi connectivity index (χ0) is 14.1. The molecule has 4 nitrogen and oxygen atoms in total. The van der Waals surface area contributed by atoms with Gasteiger partial charge in [0.05, 0.1) is 37.3 Å². The minimum absolute atomic E-state index is 0.0579. The molecule has 0 aliphatic rings. The Morgan fingerprint density at radius 2 is 1.53 bits per heavy atom. The summed E-state index contributed by atoms with van der Waals surface area (Å²) in [6.07, 6.45) is 3.87. The van der Waals surface area contributed by atoms with Crippen molar-refractivity contribution in [3.63, 3.8) is 0 Å². The van der Waals surface area contributed by atoms with Crippen molar-refractivity contribution in [3.05, 3.63) is 25.3 Å². The molecule has 0 spiro atoms. The van der Waals surface area contributed by atoms with Crippen molar-refractivity contribution >= 4 is 10.1 Å². The fourth-order valence-electron chi connectivity index (χ4n) is 1.18. The SMILES string of the molecule is C=CC[N+](C)(C)CC=C.CC(C)CS(=O)(=O)[O-]. The molecular weight excluding hydrogens is 238 g/mol. The van der Waals surface area contributed by atoms with Crippen LogP contribution >= 0.6 is 0 Å². The molecule has 0 radical (unpaired) electrons. The van der Waals surface area contributed by atoms with Crippen molar-refractivity contribution in [2.24, 2.45) is 5.92 Å². The van der Waals surface area contributed by atoms with E-state index in [0.717, 1.165) is 17.6 Å². The summed E-state index contributed by atoms with van der Waals surface area (Å²) in [6, 6.07) is 0. The van der Waals surface area contributed by atoms with Crippen molar-refractivity contribution < 1.29 is 17.5 Å². The van der Waals surface area contributed by atoms with Crippen molar-refractivity contribution in [1.82, 2.24) is 0 Å². The number of hydrogen-bond donors (Lipinski definition) is 0. The zero-order valence-corrected chi connectivity index (χ0v) is 12.2. The molecule has 0 saturated heterocycles. The van der Waals surface area contributed by atoms with Gasteiger partial charge in [0, 0.05) is 5.75 Å². The second-order valence-electron chi connectivity index (χ2n) is 5.00. The van der Waals surface area contributed by atoms with Crippen LogP contribution in [-0.4, -0.2) is 50.4 Å². The molecule has 0 heterocycles. The highest BCUT2D eigenvalue weighted by Crippen LogP contribution is 1.95. The first-order valence-corrected chi connectivity index (χ1v) is 7.09. The van der Waals surface area contributed by atoms with E-state index < -0.39 is 10.1 Å². The first-order chi connectivity index (χ1) is 7.54. The van der Waals surface area contributed by atoms with Crippen LogP contribution in [0.4, 0.5) is 0 Å². The lowest BCUT2D eigenvalue weighted by Crippen LogP contribution is -2.39. The first kappa shape index (κ1) is 18.7. The fraction of sp³-hybridized carbons (Fsp3) is 0.667. The van der Waals surface area contributed by atoms with Gasteiger partial charge in [-0.05, 0) is 18.1 Å². The minimum atomic E-state index is -3.97. The van der Waals surface area contributed by atoms with Gasteiger partial charge in [-0.15, -0.1) is 0 Å². The summed E-state index contributed by atoms with van der Waals surface area (Å²) in [5, 5.41) is 0. The number of quaternary nitrogens is 1. The van der Waals surface area contributed by atoms with Gasteiger partial charge in [0.25, 0.3) is 0 Å². The van der Waals surface area contributed by atoms with Gasteiger partial charge >= 0.3 is 0 Å². The summed E-state index contributed by atoms with van der Waals surface area (Å²) >= 11 is 0. The summed E-state index contributed by atoms with van der Waals surface area (Å²) in [5.41, 5.74) is 0. The third-order valence-corrected chi connectivity index (χ3v) is 2.86. The van der Waals surface area contributed by atoms with Crippen LogP contribution in [0.15, 0.2) is 25.3 Å². The molecule has 0 bridgehead atoms. The molecule has 0 N–H and O–H groups in total. The van der Waals surface area contributed by atoms with Crippen LogP contribution in [0.25, 0.3) is 0 Å². The molecule has 0 amide bonds. The lowest BCUT2D eigenvalue weighted by atomic mass is 10.3. The molecular formula is C12H25NO3S. The van der Waals surface area contributed by atoms with Crippen molar-refractivity contribution in [1.29, 1.82) is 0 Å². The molecule has 5 heteroatoms. The highest BCUT2D eigenvalue weighted by atomic mass is 32.2. The van der Waals surface area contributed by atoms with Crippen molar-refractivity contribution in [3.8, 4) is 0 Å². The number of hydrogen-bond acceptors (Lipinski definition) is 3. The van der Waals surface area contributed by atoms with Gasteiger partial charge in [0.1, 0.15) is 0 Å². The van der Waals surface area contributed by atoms with E-state index in [1.165, 1.54) is 0 Å². The number of likely N-dealkylation sites (N-methyl/N-ethyl adjacent to an activating group) is 1. The monoisotopic (exact) mass is 263 g/mol. The standard InChI is InChI=1S/C8H16N.C4H10O3S/c1-5-7-9(3,4)8-6-2;1-4(2)3-8(5,6)7/h5-6H,1-2,7-8H2,3-4H3;4H,3H2,1-2H3,(H,5,6,7)/q+1;/p-1. The molecule has 0 fully saturated rings. The summed E-state index contributed by atoms with van der Waals surface area (Å²) in [7, 11) is 0.339. The maximum absolute atomic E-state index is 9.89.